The minimum Gasteiger partial charge on any atom is -0.481 e. The van der Waals surface area contributed by atoms with Crippen LogP contribution in [0.5, 0.6) is 0 Å². The second-order valence-electron chi connectivity index (χ2n) is 5.25. The molecule has 126 valence electrons. The summed E-state index contributed by atoms with van der Waals surface area (Å²) in [6, 6.07) is 0. The molecule has 0 unspecified atom stereocenters. The largest absolute Gasteiger partial charge is 0.481 e. The van der Waals surface area contributed by atoms with E-state index in [9.17, 15) is 14.4 Å². The van der Waals surface area contributed by atoms with Crippen molar-refractivity contribution in [3.05, 3.63) is 0 Å². The van der Waals surface area contributed by atoms with Crippen molar-refractivity contribution in [3.63, 3.8) is 0 Å². The van der Waals surface area contributed by atoms with Gasteiger partial charge in [0, 0.05) is 13.0 Å². The van der Waals surface area contributed by atoms with Crippen LogP contribution >= 0.6 is 0 Å². The number of carbonyl (C=O) groups excluding carboxylic acids is 2. The van der Waals surface area contributed by atoms with Crippen molar-refractivity contribution in [1.82, 2.24) is 5.32 Å². The third kappa shape index (κ3) is 9.73. The number of nitrogens with zero attached hydrogens (tertiary/aromatic N) is 1. The summed E-state index contributed by atoms with van der Waals surface area (Å²) in [6.07, 6.45) is -0.218. The molecule has 0 rings (SSSR count). The van der Waals surface area contributed by atoms with Gasteiger partial charge in [-0.05, 0) is 32.1 Å². The number of hydrogen-bond donors (Lipinski definition) is 2. The summed E-state index contributed by atoms with van der Waals surface area (Å²) in [4.78, 5) is 38.0. The van der Waals surface area contributed by atoms with Gasteiger partial charge in [-0.2, -0.15) is 0 Å². The van der Waals surface area contributed by atoms with E-state index in [4.69, 9.17) is 5.11 Å². The number of carbonyl (C=O) groups is 3. The quantitative estimate of drug-likeness (QED) is 0.290. The molecule has 22 heavy (non-hydrogen) atoms. The minimum atomic E-state index is -0.919. The third-order valence-electron chi connectivity index (χ3n) is 2.64. The topological polar surface area (TPSA) is 114 Å². The van der Waals surface area contributed by atoms with Gasteiger partial charge in [-0.15, -0.1) is 0 Å². The highest BCUT2D eigenvalue weighted by Gasteiger charge is 2.17. The molecule has 0 heterocycles. The van der Waals surface area contributed by atoms with Crippen molar-refractivity contribution in [1.29, 1.82) is 0 Å². The molecular formula is C14H24N2O6. The summed E-state index contributed by atoms with van der Waals surface area (Å²) in [6.45, 7) is 7.31. The molecule has 0 aliphatic rings. The summed E-state index contributed by atoms with van der Waals surface area (Å²) in [7, 11) is 0. The van der Waals surface area contributed by atoms with Crippen molar-refractivity contribution >= 4 is 23.7 Å². The number of nitrogens with one attached hydrogen (secondary N) is 1. The number of aliphatic carboxylic acids is 1. The van der Waals surface area contributed by atoms with E-state index in [1.807, 2.05) is 13.8 Å². The zero-order valence-corrected chi connectivity index (χ0v) is 13.4. The lowest BCUT2D eigenvalue weighted by Gasteiger charge is -2.16. The van der Waals surface area contributed by atoms with E-state index in [1.165, 1.54) is 6.92 Å². The highest BCUT2D eigenvalue weighted by Crippen LogP contribution is 2.14. The number of oxime groups is 1. The van der Waals surface area contributed by atoms with Crippen LogP contribution in [0.2, 0.25) is 0 Å². The standard InChI is InChI=1S/C14H24N2O6/c1-5-21-13(19)10(4)16-22-14(20)15-8-11(6-9(2)3)7-12(17)18/h9,11H,5-8H2,1-4H3,(H,15,20)(H,17,18)/b16-10+/t11-/m0/s1. The van der Waals surface area contributed by atoms with Crippen LogP contribution in [-0.4, -0.2) is 42.0 Å². The smallest absolute Gasteiger partial charge is 0.433 e. The molecule has 0 aliphatic heterocycles. The Kier molecular flexibility index (Phi) is 9.56. The second-order valence-corrected chi connectivity index (χ2v) is 5.25. The van der Waals surface area contributed by atoms with E-state index >= 15 is 0 Å². The average molecular weight is 316 g/mol. The van der Waals surface area contributed by atoms with E-state index < -0.39 is 18.0 Å². The molecule has 1 amide bonds. The van der Waals surface area contributed by atoms with Crippen LogP contribution in [0.25, 0.3) is 0 Å². The Labute approximate surface area is 129 Å². The van der Waals surface area contributed by atoms with Crippen molar-refractivity contribution in [2.24, 2.45) is 17.0 Å². The first-order valence-corrected chi connectivity index (χ1v) is 7.14. The fourth-order valence-corrected chi connectivity index (χ4v) is 1.80. The van der Waals surface area contributed by atoms with Crippen molar-refractivity contribution < 1.29 is 29.1 Å². The van der Waals surface area contributed by atoms with Gasteiger partial charge in [-0.3, -0.25) is 9.63 Å². The van der Waals surface area contributed by atoms with Gasteiger partial charge < -0.3 is 15.2 Å². The molecule has 0 aliphatic carbocycles. The van der Waals surface area contributed by atoms with Crippen LogP contribution < -0.4 is 5.32 Å². The molecule has 0 aromatic rings. The van der Waals surface area contributed by atoms with Crippen molar-refractivity contribution in [2.75, 3.05) is 13.2 Å². The molecule has 8 nitrogen and oxygen atoms in total. The van der Waals surface area contributed by atoms with Crippen LogP contribution in [-0.2, 0) is 19.2 Å². The van der Waals surface area contributed by atoms with Crippen LogP contribution in [0.1, 0.15) is 40.5 Å². The molecule has 8 heteroatoms. The molecular weight excluding hydrogens is 292 g/mol. The zero-order chi connectivity index (χ0) is 17.1. The molecule has 0 fully saturated rings. The molecule has 0 saturated carbocycles. The maximum absolute atomic E-state index is 11.5. The summed E-state index contributed by atoms with van der Waals surface area (Å²) in [5.74, 6) is -1.47. The van der Waals surface area contributed by atoms with Gasteiger partial charge >= 0.3 is 18.0 Å². The Hall–Kier alpha value is -2.12. The van der Waals surface area contributed by atoms with Gasteiger partial charge in [0.25, 0.3) is 0 Å². The number of ether oxygens (including phenoxy) is 1. The van der Waals surface area contributed by atoms with E-state index in [0.29, 0.717) is 12.3 Å². The predicted octanol–water partition coefficient (Wildman–Crippen LogP) is 1.79. The van der Waals surface area contributed by atoms with Gasteiger partial charge in [0.1, 0.15) is 0 Å². The third-order valence-corrected chi connectivity index (χ3v) is 2.64. The Morgan fingerprint density at radius 1 is 1.27 bits per heavy atom. The lowest BCUT2D eigenvalue weighted by molar-refractivity contribution is -0.138. The van der Waals surface area contributed by atoms with Gasteiger partial charge in [-0.1, -0.05) is 19.0 Å². The van der Waals surface area contributed by atoms with E-state index in [2.05, 4.69) is 20.0 Å². The Bertz CT molecular complexity index is 420. The fraction of sp³-hybridized carbons (Fsp3) is 0.714. The zero-order valence-electron chi connectivity index (χ0n) is 13.4. The molecule has 0 radical (unpaired) electrons. The van der Waals surface area contributed by atoms with E-state index in [1.54, 1.807) is 6.92 Å². The number of esters is 1. The van der Waals surface area contributed by atoms with Gasteiger partial charge in [0.05, 0.1) is 6.61 Å². The molecule has 0 saturated heterocycles. The Morgan fingerprint density at radius 2 is 1.91 bits per heavy atom. The number of rotatable bonds is 9. The molecule has 0 aromatic carbocycles. The normalized spacial score (nSPS) is 12.7. The number of amides is 1. The molecule has 0 bridgehead atoms. The minimum absolute atomic E-state index is 0.0381. The number of hydrogen-bond acceptors (Lipinski definition) is 6. The first kappa shape index (κ1) is 19.9. The number of carboxylic acid groups (broad SMARTS) is 1. The Morgan fingerprint density at radius 3 is 2.41 bits per heavy atom. The predicted molar refractivity (Wildman–Crippen MR) is 79.4 cm³/mol. The first-order valence-electron chi connectivity index (χ1n) is 7.14. The first-order chi connectivity index (χ1) is 10.3. The lowest BCUT2D eigenvalue weighted by Crippen LogP contribution is -2.31. The summed E-state index contributed by atoms with van der Waals surface area (Å²) in [5, 5.41) is 14.6. The van der Waals surface area contributed by atoms with Crippen LogP contribution in [0, 0.1) is 11.8 Å². The maximum atomic E-state index is 11.5. The Balaban J connectivity index is 4.31. The van der Waals surface area contributed by atoms with Crippen LogP contribution in [0.3, 0.4) is 0 Å². The molecule has 2 N–H and O–H groups in total. The van der Waals surface area contributed by atoms with Gasteiger partial charge in [0.15, 0.2) is 5.71 Å². The molecule has 1 atom stereocenters. The molecule has 0 aromatic heterocycles. The van der Waals surface area contributed by atoms with Crippen LogP contribution in [0.4, 0.5) is 4.79 Å². The second kappa shape index (κ2) is 10.6. The summed E-state index contributed by atoms with van der Waals surface area (Å²) in [5.41, 5.74) is -0.0822. The number of carboxylic acids is 1. The van der Waals surface area contributed by atoms with Gasteiger partial charge in [-0.25, -0.2) is 9.59 Å². The summed E-state index contributed by atoms with van der Waals surface area (Å²) >= 11 is 0. The SMILES string of the molecule is CCOC(=O)/C(C)=N/OC(=O)NC[C@H](CC(=O)O)CC(C)C. The highest BCUT2D eigenvalue weighted by atomic mass is 16.7. The molecule has 0 spiro atoms. The average Bonchev–Trinajstić information content (AvgIpc) is 2.41. The maximum Gasteiger partial charge on any atom is 0.433 e. The van der Waals surface area contributed by atoms with Crippen LogP contribution in [0.15, 0.2) is 5.16 Å². The van der Waals surface area contributed by atoms with E-state index in [-0.39, 0.29) is 31.2 Å². The highest BCUT2D eigenvalue weighted by molar-refractivity contribution is 6.35. The summed E-state index contributed by atoms with van der Waals surface area (Å²) < 4.78 is 4.67. The van der Waals surface area contributed by atoms with E-state index in [0.717, 1.165) is 0 Å². The van der Waals surface area contributed by atoms with Crippen molar-refractivity contribution in [3.8, 4) is 0 Å². The fourth-order valence-electron chi connectivity index (χ4n) is 1.80. The lowest BCUT2D eigenvalue weighted by atomic mass is 9.94. The van der Waals surface area contributed by atoms with Gasteiger partial charge in [0.2, 0.25) is 0 Å². The monoisotopic (exact) mass is 316 g/mol. The van der Waals surface area contributed by atoms with Crippen molar-refractivity contribution in [2.45, 2.75) is 40.5 Å².